The SMILES string of the molecule is CPc1ccc(F)cc1C. The van der Waals surface area contributed by atoms with Crippen molar-refractivity contribution in [1.82, 2.24) is 0 Å². The maximum Gasteiger partial charge on any atom is 0.123 e. The van der Waals surface area contributed by atoms with Gasteiger partial charge in [0, 0.05) is 0 Å². The molecule has 2 heteroatoms. The minimum absolute atomic E-state index is 0.139. The fraction of sp³-hybridized carbons (Fsp3) is 0.250. The van der Waals surface area contributed by atoms with Crippen LogP contribution in [-0.2, 0) is 0 Å². The van der Waals surface area contributed by atoms with Gasteiger partial charge in [-0.25, -0.2) is 4.39 Å². The predicted octanol–water partition coefficient (Wildman–Crippen LogP) is 2.07. The van der Waals surface area contributed by atoms with E-state index >= 15 is 0 Å². The van der Waals surface area contributed by atoms with Crippen LogP contribution < -0.4 is 5.30 Å². The van der Waals surface area contributed by atoms with Gasteiger partial charge in [-0.1, -0.05) is 14.6 Å². The molecule has 0 heterocycles. The zero-order valence-electron chi connectivity index (χ0n) is 6.11. The molecule has 0 spiro atoms. The fourth-order valence-electron chi connectivity index (χ4n) is 0.908. The van der Waals surface area contributed by atoms with E-state index < -0.39 is 0 Å². The highest BCUT2D eigenvalue weighted by Crippen LogP contribution is 2.09. The van der Waals surface area contributed by atoms with Gasteiger partial charge in [0.15, 0.2) is 0 Å². The molecule has 1 rings (SSSR count). The highest BCUT2D eigenvalue weighted by Gasteiger charge is 1.95. The van der Waals surface area contributed by atoms with E-state index in [1.54, 1.807) is 6.07 Å². The molecule has 0 fully saturated rings. The van der Waals surface area contributed by atoms with E-state index in [1.807, 2.05) is 13.0 Å². The van der Waals surface area contributed by atoms with Gasteiger partial charge in [-0.2, -0.15) is 0 Å². The minimum Gasteiger partial charge on any atom is -0.207 e. The number of aryl methyl sites for hydroxylation is 1. The molecule has 0 aliphatic carbocycles. The summed E-state index contributed by atoms with van der Waals surface area (Å²) in [5, 5.41) is 1.25. The van der Waals surface area contributed by atoms with Crippen molar-refractivity contribution in [1.29, 1.82) is 0 Å². The predicted molar refractivity (Wildman–Crippen MR) is 45.0 cm³/mol. The molecule has 0 aromatic heterocycles. The largest absolute Gasteiger partial charge is 0.207 e. The van der Waals surface area contributed by atoms with Crippen molar-refractivity contribution in [2.45, 2.75) is 6.92 Å². The molecule has 0 radical (unpaired) electrons. The number of benzene rings is 1. The molecular weight excluding hydrogens is 146 g/mol. The van der Waals surface area contributed by atoms with Crippen LogP contribution in [0.15, 0.2) is 18.2 Å². The molecule has 10 heavy (non-hydrogen) atoms. The summed E-state index contributed by atoms with van der Waals surface area (Å²) >= 11 is 0. The molecule has 54 valence electrons. The Labute approximate surface area is 62.2 Å². The van der Waals surface area contributed by atoms with E-state index in [1.165, 1.54) is 11.4 Å². The Morgan fingerprint density at radius 3 is 2.60 bits per heavy atom. The first-order valence-electron chi connectivity index (χ1n) is 3.18. The molecule has 0 N–H and O–H groups in total. The second kappa shape index (κ2) is 3.12. The van der Waals surface area contributed by atoms with Crippen molar-refractivity contribution >= 4 is 13.9 Å². The first-order valence-corrected chi connectivity index (χ1v) is 4.68. The van der Waals surface area contributed by atoms with Crippen LogP contribution in [0.2, 0.25) is 0 Å². The summed E-state index contributed by atoms with van der Waals surface area (Å²) in [4.78, 5) is 0. The maximum atomic E-state index is 12.5. The van der Waals surface area contributed by atoms with Crippen molar-refractivity contribution in [3.8, 4) is 0 Å². The minimum atomic E-state index is -0.139. The lowest BCUT2D eigenvalue weighted by Gasteiger charge is -2.00. The van der Waals surface area contributed by atoms with Crippen molar-refractivity contribution in [3.05, 3.63) is 29.6 Å². The van der Waals surface area contributed by atoms with Gasteiger partial charge in [0.1, 0.15) is 5.82 Å². The van der Waals surface area contributed by atoms with Crippen molar-refractivity contribution in [2.24, 2.45) is 0 Å². The average molecular weight is 156 g/mol. The smallest absolute Gasteiger partial charge is 0.123 e. The molecule has 0 amide bonds. The molecule has 1 aromatic carbocycles. The van der Waals surface area contributed by atoms with Crippen LogP contribution in [0.1, 0.15) is 5.56 Å². The van der Waals surface area contributed by atoms with Gasteiger partial charge >= 0.3 is 0 Å². The van der Waals surface area contributed by atoms with Gasteiger partial charge in [0.05, 0.1) is 0 Å². The number of hydrogen-bond donors (Lipinski definition) is 0. The van der Waals surface area contributed by atoms with Crippen LogP contribution in [-0.4, -0.2) is 6.66 Å². The number of hydrogen-bond acceptors (Lipinski definition) is 0. The van der Waals surface area contributed by atoms with Crippen LogP contribution in [0.4, 0.5) is 4.39 Å². The van der Waals surface area contributed by atoms with E-state index in [2.05, 4.69) is 6.66 Å². The van der Waals surface area contributed by atoms with Crippen LogP contribution >= 0.6 is 8.58 Å². The third-order valence-electron chi connectivity index (χ3n) is 1.46. The van der Waals surface area contributed by atoms with E-state index in [0.29, 0.717) is 0 Å². The maximum absolute atomic E-state index is 12.5. The topological polar surface area (TPSA) is 0 Å². The van der Waals surface area contributed by atoms with Gasteiger partial charge in [-0.3, -0.25) is 0 Å². The van der Waals surface area contributed by atoms with Gasteiger partial charge < -0.3 is 0 Å². The Bertz CT molecular complexity index is 233. The lowest BCUT2D eigenvalue weighted by atomic mass is 10.2. The average Bonchev–Trinajstić information content (AvgIpc) is 1.88. The Kier molecular flexibility index (Phi) is 2.39. The first-order chi connectivity index (χ1) is 4.74. The Balaban J connectivity index is 3.07. The molecule has 0 nitrogen and oxygen atoms in total. The number of halogens is 1. The van der Waals surface area contributed by atoms with Gasteiger partial charge in [0.2, 0.25) is 0 Å². The van der Waals surface area contributed by atoms with Gasteiger partial charge in [-0.15, -0.1) is 0 Å². The summed E-state index contributed by atoms with van der Waals surface area (Å²) in [5.41, 5.74) is 1.06. The monoisotopic (exact) mass is 156 g/mol. The fourth-order valence-corrected chi connectivity index (χ4v) is 1.62. The standard InChI is InChI=1S/C8H10FP/c1-6-5-7(9)3-4-8(6)10-2/h3-5,10H,1-2H3. The summed E-state index contributed by atoms with van der Waals surface area (Å²) in [6.07, 6.45) is 0. The first kappa shape index (κ1) is 7.68. The molecule has 0 aliphatic heterocycles. The molecule has 1 aromatic rings. The third kappa shape index (κ3) is 1.54. The summed E-state index contributed by atoms with van der Waals surface area (Å²) in [6.45, 7) is 4.04. The second-order valence-electron chi connectivity index (χ2n) is 2.21. The Hall–Kier alpha value is -0.420. The molecule has 1 atom stereocenters. The molecule has 1 unspecified atom stereocenters. The van der Waals surface area contributed by atoms with Crippen LogP contribution in [0.5, 0.6) is 0 Å². The van der Waals surface area contributed by atoms with Crippen molar-refractivity contribution in [2.75, 3.05) is 6.66 Å². The van der Waals surface area contributed by atoms with E-state index in [9.17, 15) is 4.39 Å². The van der Waals surface area contributed by atoms with E-state index in [4.69, 9.17) is 0 Å². The van der Waals surface area contributed by atoms with Gasteiger partial charge in [0.25, 0.3) is 0 Å². The van der Waals surface area contributed by atoms with Gasteiger partial charge in [-0.05, 0) is 36.6 Å². The highest BCUT2D eigenvalue weighted by atomic mass is 31.1. The summed E-state index contributed by atoms with van der Waals surface area (Å²) in [7, 11) is 0.759. The van der Waals surface area contributed by atoms with Crippen LogP contribution in [0, 0.1) is 12.7 Å². The van der Waals surface area contributed by atoms with E-state index in [-0.39, 0.29) is 5.82 Å². The summed E-state index contributed by atoms with van der Waals surface area (Å²) < 4.78 is 12.5. The zero-order chi connectivity index (χ0) is 7.56. The third-order valence-corrected chi connectivity index (χ3v) is 2.56. The quantitative estimate of drug-likeness (QED) is 0.546. The molecule has 0 aliphatic rings. The van der Waals surface area contributed by atoms with E-state index in [0.717, 1.165) is 14.1 Å². The summed E-state index contributed by atoms with van der Waals surface area (Å²) in [5.74, 6) is -0.139. The zero-order valence-corrected chi connectivity index (χ0v) is 7.11. The Morgan fingerprint density at radius 2 is 2.10 bits per heavy atom. The van der Waals surface area contributed by atoms with Crippen LogP contribution in [0.25, 0.3) is 0 Å². The number of rotatable bonds is 1. The highest BCUT2D eigenvalue weighted by molar-refractivity contribution is 7.46. The second-order valence-corrected chi connectivity index (χ2v) is 3.25. The Morgan fingerprint density at radius 1 is 1.40 bits per heavy atom. The lowest BCUT2D eigenvalue weighted by molar-refractivity contribution is 0.627. The summed E-state index contributed by atoms with van der Waals surface area (Å²) in [6, 6.07) is 4.94. The molecule has 0 saturated carbocycles. The molecule has 0 saturated heterocycles. The van der Waals surface area contributed by atoms with Crippen LogP contribution in [0.3, 0.4) is 0 Å². The normalized spacial score (nSPS) is 11.1. The van der Waals surface area contributed by atoms with Crippen molar-refractivity contribution < 1.29 is 4.39 Å². The molecule has 0 bridgehead atoms. The molecular formula is C8H10FP. The van der Waals surface area contributed by atoms with Crippen molar-refractivity contribution in [3.63, 3.8) is 0 Å². The lowest BCUT2D eigenvalue weighted by Crippen LogP contribution is -1.98.